The van der Waals surface area contributed by atoms with Gasteiger partial charge in [-0.3, -0.25) is 0 Å². The molecule has 0 unspecified atom stereocenters. The minimum Gasteiger partial charge on any atom is -0.230 e. The Hall–Kier alpha value is -3.56. The third kappa shape index (κ3) is 3.68. The zero-order valence-corrected chi connectivity index (χ0v) is 25.7. The highest BCUT2D eigenvalue weighted by atomic mass is 32.2. The molecule has 4 aromatic carbocycles. The van der Waals surface area contributed by atoms with Crippen LogP contribution in [0.15, 0.2) is 105 Å². The molecule has 4 heterocycles. The van der Waals surface area contributed by atoms with Crippen LogP contribution in [-0.2, 0) is 5.41 Å². The Morgan fingerprint density at radius 2 is 0.902 bits per heavy atom. The summed E-state index contributed by atoms with van der Waals surface area (Å²) in [4.78, 5) is 0. The van der Waals surface area contributed by atoms with E-state index in [-0.39, 0.29) is 0 Å². The van der Waals surface area contributed by atoms with Gasteiger partial charge in [0.15, 0.2) is 0 Å². The van der Waals surface area contributed by atoms with Gasteiger partial charge in [-0.1, -0.05) is 72.8 Å². The Balaban J connectivity index is 1.39. The Morgan fingerprint density at radius 3 is 1.34 bits per heavy atom. The number of nitrogens with zero attached hydrogens (tertiary/aromatic N) is 4. The van der Waals surface area contributed by atoms with Gasteiger partial charge in [-0.05, 0) is 38.1 Å². The van der Waals surface area contributed by atoms with Gasteiger partial charge in [-0.2, -0.15) is 10.2 Å². The smallest absolute Gasteiger partial charge is 0.0973 e. The molecule has 0 fully saturated rings. The summed E-state index contributed by atoms with van der Waals surface area (Å²) in [5.41, 5.74) is 5.60. The largest absolute Gasteiger partial charge is 0.230 e. The molecule has 0 amide bonds. The van der Waals surface area contributed by atoms with Crippen LogP contribution < -0.4 is 0 Å². The molecule has 0 saturated carbocycles. The highest BCUT2D eigenvalue weighted by Crippen LogP contribution is 2.44. The summed E-state index contributed by atoms with van der Waals surface area (Å²) >= 11 is 13.2. The van der Waals surface area contributed by atoms with Crippen molar-refractivity contribution in [1.82, 2.24) is 19.6 Å². The number of para-hydroxylation sites is 2. The molecule has 8 heteroatoms. The summed E-state index contributed by atoms with van der Waals surface area (Å²) in [6, 6.07) is 33.8. The maximum absolute atomic E-state index is 5.35. The number of hydrogen-bond acceptors (Lipinski definition) is 6. The van der Waals surface area contributed by atoms with Gasteiger partial charge in [-0.25, -0.2) is 9.36 Å². The molecule has 41 heavy (non-hydrogen) atoms. The number of aromatic nitrogens is 4. The summed E-state index contributed by atoms with van der Waals surface area (Å²) < 4.78 is 8.44. The lowest BCUT2D eigenvalue weighted by molar-refractivity contribution is 0.585. The third-order valence-electron chi connectivity index (χ3n) is 7.89. The van der Waals surface area contributed by atoms with E-state index >= 15 is 0 Å². The zero-order valence-electron chi connectivity index (χ0n) is 22.2. The quantitative estimate of drug-likeness (QED) is 0.196. The van der Waals surface area contributed by atoms with E-state index in [0.29, 0.717) is 0 Å². The first-order valence-corrected chi connectivity index (χ1v) is 15.8. The van der Waals surface area contributed by atoms with Crippen molar-refractivity contribution in [2.24, 2.45) is 0 Å². The van der Waals surface area contributed by atoms with E-state index in [4.69, 9.17) is 35.5 Å². The van der Waals surface area contributed by atoms with Crippen LogP contribution in [0.4, 0.5) is 0 Å². The molecule has 0 atom stereocenters. The average Bonchev–Trinajstić information content (AvgIpc) is 3.72. The van der Waals surface area contributed by atoms with E-state index in [9.17, 15) is 0 Å². The van der Waals surface area contributed by atoms with E-state index in [1.165, 1.54) is 9.40 Å². The Bertz CT molecular complexity index is 2120. The minimum absolute atomic E-state index is 0.513. The predicted octanol–water partition coefficient (Wildman–Crippen LogP) is 9.70. The summed E-state index contributed by atoms with van der Waals surface area (Å²) in [7, 11) is 0. The van der Waals surface area contributed by atoms with Crippen molar-refractivity contribution in [1.29, 1.82) is 0 Å². The summed E-state index contributed by atoms with van der Waals surface area (Å²) in [5, 5.41) is 15.2. The van der Waals surface area contributed by atoms with Crippen LogP contribution in [0.25, 0.3) is 53.4 Å². The molecule has 0 aliphatic carbocycles. The fourth-order valence-electron chi connectivity index (χ4n) is 5.96. The molecule has 0 saturated heterocycles. The lowest BCUT2D eigenvalue weighted by Crippen LogP contribution is -2.22. The standard InChI is InChI=1S/C33H24N4S4/c1-33(2,29-19-11-3-7-15-23(19)36(34-29)27-21-13-5-9-17-25(21)40-31(27)38)30-20-12-4-8-16-24(20)37(35-30)28-22-14-6-10-18-26(22)41-32(28)39/h3-18,38-39H,1-2H3. The first kappa shape index (κ1) is 25.2. The first-order chi connectivity index (χ1) is 19.9. The first-order valence-electron chi connectivity index (χ1n) is 13.3. The summed E-state index contributed by atoms with van der Waals surface area (Å²) in [6.07, 6.45) is 0. The molecule has 8 rings (SSSR count). The second-order valence-electron chi connectivity index (χ2n) is 10.7. The minimum atomic E-state index is -0.513. The lowest BCUT2D eigenvalue weighted by atomic mass is 9.82. The molecule has 200 valence electrons. The van der Waals surface area contributed by atoms with Crippen LogP contribution in [0.2, 0.25) is 0 Å². The molecule has 0 aliphatic heterocycles. The van der Waals surface area contributed by atoms with Crippen molar-refractivity contribution in [3.05, 3.63) is 108 Å². The van der Waals surface area contributed by atoms with Crippen LogP contribution >= 0.6 is 47.9 Å². The van der Waals surface area contributed by atoms with Crippen molar-refractivity contribution in [2.45, 2.75) is 27.7 Å². The van der Waals surface area contributed by atoms with Crippen molar-refractivity contribution in [3.63, 3.8) is 0 Å². The van der Waals surface area contributed by atoms with Crippen molar-refractivity contribution >= 4 is 89.9 Å². The van der Waals surface area contributed by atoms with Crippen LogP contribution in [-0.4, -0.2) is 19.6 Å². The van der Waals surface area contributed by atoms with E-state index in [2.05, 4.69) is 120 Å². The molecule has 0 N–H and O–H groups in total. The number of rotatable bonds is 4. The van der Waals surface area contributed by atoms with Gasteiger partial charge >= 0.3 is 0 Å². The van der Waals surface area contributed by atoms with Gasteiger partial charge in [0, 0.05) is 30.9 Å². The molecular weight excluding hydrogens is 581 g/mol. The molecule has 4 aromatic heterocycles. The molecular formula is C33H24N4S4. The van der Waals surface area contributed by atoms with E-state index in [1.807, 2.05) is 0 Å². The SMILES string of the molecule is CC(C)(c1nn(-c2c(S)sc3ccccc23)c2ccccc12)c1nn(-c2c(S)sc3ccccc23)c2ccccc12. The van der Waals surface area contributed by atoms with Crippen LogP contribution in [0.1, 0.15) is 25.2 Å². The van der Waals surface area contributed by atoms with Crippen LogP contribution in [0.3, 0.4) is 0 Å². The molecule has 0 bridgehead atoms. The fraction of sp³-hybridized carbons (Fsp3) is 0.0909. The maximum atomic E-state index is 5.35. The highest BCUT2D eigenvalue weighted by molar-refractivity contribution is 7.83. The molecule has 0 radical (unpaired) electrons. The lowest BCUT2D eigenvalue weighted by Gasteiger charge is -2.21. The normalized spacial score (nSPS) is 12.4. The van der Waals surface area contributed by atoms with Crippen molar-refractivity contribution in [3.8, 4) is 11.4 Å². The highest BCUT2D eigenvalue weighted by Gasteiger charge is 2.35. The second-order valence-corrected chi connectivity index (χ2v) is 14.3. The van der Waals surface area contributed by atoms with Crippen LogP contribution in [0.5, 0.6) is 0 Å². The molecule has 0 spiro atoms. The number of fused-ring (bicyclic) bond motifs is 4. The molecule has 8 aromatic rings. The third-order valence-corrected chi connectivity index (χ3v) is 10.8. The van der Waals surface area contributed by atoms with Crippen LogP contribution in [0, 0.1) is 0 Å². The van der Waals surface area contributed by atoms with Gasteiger partial charge in [0.1, 0.15) is 0 Å². The summed E-state index contributed by atoms with van der Waals surface area (Å²) in [6.45, 7) is 4.46. The second kappa shape index (κ2) is 9.22. The Labute approximate surface area is 255 Å². The topological polar surface area (TPSA) is 35.6 Å². The van der Waals surface area contributed by atoms with Gasteiger partial charge in [-0.15, -0.1) is 47.9 Å². The van der Waals surface area contributed by atoms with Crippen molar-refractivity contribution < 1.29 is 0 Å². The van der Waals surface area contributed by atoms with Gasteiger partial charge < -0.3 is 0 Å². The maximum Gasteiger partial charge on any atom is 0.0973 e. The fourth-order valence-corrected chi connectivity index (χ4v) is 8.82. The van der Waals surface area contributed by atoms with Gasteiger partial charge in [0.25, 0.3) is 0 Å². The number of hydrogen-bond donors (Lipinski definition) is 2. The monoisotopic (exact) mass is 604 g/mol. The molecule has 0 aliphatic rings. The van der Waals surface area contributed by atoms with Gasteiger partial charge in [0.2, 0.25) is 0 Å². The van der Waals surface area contributed by atoms with Gasteiger partial charge in [0.05, 0.1) is 47.6 Å². The van der Waals surface area contributed by atoms with E-state index in [0.717, 1.165) is 63.8 Å². The van der Waals surface area contributed by atoms with E-state index in [1.54, 1.807) is 22.7 Å². The number of thiophene rings is 2. The number of thiol groups is 2. The average molecular weight is 605 g/mol. The van der Waals surface area contributed by atoms with Crippen molar-refractivity contribution in [2.75, 3.05) is 0 Å². The van der Waals surface area contributed by atoms with E-state index < -0.39 is 5.41 Å². The Kier molecular flexibility index (Phi) is 5.66. The summed E-state index contributed by atoms with van der Waals surface area (Å²) in [5.74, 6) is 0. The predicted molar refractivity (Wildman–Crippen MR) is 180 cm³/mol. The Morgan fingerprint density at radius 1 is 0.537 bits per heavy atom. The number of benzene rings is 4. The molecule has 4 nitrogen and oxygen atoms in total. The zero-order chi connectivity index (χ0) is 27.9.